The van der Waals surface area contributed by atoms with Crippen molar-refractivity contribution in [2.24, 2.45) is 10.2 Å². The molecular formula is C25H33N5. The van der Waals surface area contributed by atoms with E-state index in [4.69, 9.17) is 15.2 Å². The molecule has 0 aromatic carbocycles. The van der Waals surface area contributed by atoms with E-state index >= 15 is 0 Å². The van der Waals surface area contributed by atoms with E-state index in [2.05, 4.69) is 61.3 Å². The monoisotopic (exact) mass is 403 g/mol. The summed E-state index contributed by atoms with van der Waals surface area (Å²) in [4.78, 5) is 4.87. The Labute approximate surface area is 180 Å². The third-order valence-corrected chi connectivity index (χ3v) is 5.46. The van der Waals surface area contributed by atoms with Gasteiger partial charge in [0.2, 0.25) is 0 Å². The SMILES string of the molecule is CCc1ccc(CC)n1/N=C(\C)c1cccc(/C(C)=N/n2c(CC)ccc2CC)n1. The van der Waals surface area contributed by atoms with Crippen LogP contribution in [0.4, 0.5) is 0 Å². The predicted octanol–water partition coefficient (Wildman–Crippen LogP) is 5.48. The fraction of sp³-hybridized carbons (Fsp3) is 0.400. The largest absolute Gasteiger partial charge is 0.245 e. The summed E-state index contributed by atoms with van der Waals surface area (Å²) >= 11 is 0. The van der Waals surface area contributed by atoms with Crippen LogP contribution in [0.3, 0.4) is 0 Å². The van der Waals surface area contributed by atoms with E-state index in [1.54, 1.807) is 0 Å². The molecule has 0 N–H and O–H groups in total. The molecule has 0 aliphatic heterocycles. The zero-order valence-electron chi connectivity index (χ0n) is 19.1. The number of nitrogens with zero attached hydrogens (tertiary/aromatic N) is 5. The van der Waals surface area contributed by atoms with Crippen molar-refractivity contribution in [3.63, 3.8) is 0 Å². The molecule has 5 heteroatoms. The molecule has 3 aromatic heterocycles. The maximum Gasteiger partial charge on any atom is 0.0867 e. The number of hydrogen-bond donors (Lipinski definition) is 0. The van der Waals surface area contributed by atoms with Gasteiger partial charge in [0.25, 0.3) is 0 Å². The molecule has 3 heterocycles. The molecule has 0 aliphatic rings. The zero-order valence-corrected chi connectivity index (χ0v) is 19.1. The Bertz CT molecular complexity index is 941. The summed E-state index contributed by atoms with van der Waals surface area (Å²) in [5, 5.41) is 9.78. The lowest BCUT2D eigenvalue weighted by atomic mass is 10.2. The van der Waals surface area contributed by atoms with Gasteiger partial charge >= 0.3 is 0 Å². The summed E-state index contributed by atoms with van der Waals surface area (Å²) in [6, 6.07) is 14.7. The first-order valence-electron chi connectivity index (χ1n) is 11.0. The van der Waals surface area contributed by atoms with E-state index in [9.17, 15) is 0 Å². The summed E-state index contributed by atoms with van der Waals surface area (Å²) < 4.78 is 4.12. The number of aromatic nitrogens is 3. The standard InChI is InChI=1S/C25H33N5/c1-7-20-14-15-21(8-2)29(20)27-18(5)24-12-11-13-25(26-24)19(6)28-30-22(9-3)16-17-23(30)10-4/h11-17H,7-10H2,1-6H3/b27-18+,28-19+. The molecule has 0 radical (unpaired) electrons. The third kappa shape index (κ3) is 4.45. The highest BCUT2D eigenvalue weighted by Gasteiger charge is 2.10. The van der Waals surface area contributed by atoms with Crippen molar-refractivity contribution >= 4 is 11.4 Å². The smallest absolute Gasteiger partial charge is 0.0867 e. The van der Waals surface area contributed by atoms with Crippen molar-refractivity contribution in [3.05, 3.63) is 76.6 Å². The molecule has 3 aromatic rings. The highest BCUT2D eigenvalue weighted by molar-refractivity contribution is 6.00. The van der Waals surface area contributed by atoms with Gasteiger partial charge in [-0.2, -0.15) is 10.2 Å². The van der Waals surface area contributed by atoms with Crippen LogP contribution in [0, 0.1) is 0 Å². The summed E-state index contributed by atoms with van der Waals surface area (Å²) in [5.41, 5.74) is 8.40. The summed E-state index contributed by atoms with van der Waals surface area (Å²) in [7, 11) is 0. The second-order valence-corrected chi connectivity index (χ2v) is 7.45. The number of aryl methyl sites for hydroxylation is 4. The molecule has 158 valence electrons. The van der Waals surface area contributed by atoms with Gasteiger partial charge in [0.1, 0.15) is 0 Å². The van der Waals surface area contributed by atoms with E-state index in [0.717, 1.165) is 48.5 Å². The molecule has 0 bridgehead atoms. The lowest BCUT2D eigenvalue weighted by Gasteiger charge is -2.10. The van der Waals surface area contributed by atoms with E-state index in [1.807, 2.05) is 32.0 Å². The Hall–Kier alpha value is -2.95. The average Bonchev–Trinajstić information content (AvgIpc) is 3.36. The zero-order chi connectivity index (χ0) is 21.7. The van der Waals surface area contributed by atoms with Crippen molar-refractivity contribution < 1.29 is 0 Å². The van der Waals surface area contributed by atoms with Crippen LogP contribution in [-0.2, 0) is 25.7 Å². The molecule has 0 amide bonds. The minimum atomic E-state index is 0.874. The normalized spacial score (nSPS) is 12.6. The van der Waals surface area contributed by atoms with Crippen LogP contribution in [-0.4, -0.2) is 25.8 Å². The summed E-state index contributed by atoms with van der Waals surface area (Å²) in [6.07, 6.45) is 3.80. The van der Waals surface area contributed by atoms with Gasteiger partial charge in [0.15, 0.2) is 0 Å². The number of pyridine rings is 1. The van der Waals surface area contributed by atoms with Crippen molar-refractivity contribution in [1.29, 1.82) is 0 Å². The highest BCUT2D eigenvalue weighted by atomic mass is 15.4. The second kappa shape index (κ2) is 9.70. The quantitative estimate of drug-likeness (QED) is 0.460. The van der Waals surface area contributed by atoms with Crippen molar-refractivity contribution in [2.75, 3.05) is 0 Å². The van der Waals surface area contributed by atoms with Crippen molar-refractivity contribution in [3.8, 4) is 0 Å². The van der Waals surface area contributed by atoms with Gasteiger partial charge in [0, 0.05) is 22.8 Å². The van der Waals surface area contributed by atoms with Crippen LogP contribution in [0.5, 0.6) is 0 Å². The summed E-state index contributed by atoms with van der Waals surface area (Å²) in [6.45, 7) is 12.7. The molecule has 0 saturated carbocycles. The van der Waals surface area contributed by atoms with Gasteiger partial charge in [-0.05, 0) is 75.9 Å². The minimum Gasteiger partial charge on any atom is -0.245 e. The molecule has 0 unspecified atom stereocenters. The Morgan fingerprint density at radius 3 is 1.27 bits per heavy atom. The molecule has 0 aliphatic carbocycles. The maximum absolute atomic E-state index is 4.89. The molecule has 5 nitrogen and oxygen atoms in total. The fourth-order valence-electron chi connectivity index (χ4n) is 3.60. The lowest BCUT2D eigenvalue weighted by Crippen LogP contribution is -2.10. The van der Waals surface area contributed by atoms with Gasteiger partial charge in [-0.1, -0.05) is 33.8 Å². The number of hydrogen-bond acceptors (Lipinski definition) is 3. The third-order valence-electron chi connectivity index (χ3n) is 5.46. The van der Waals surface area contributed by atoms with Crippen LogP contribution >= 0.6 is 0 Å². The second-order valence-electron chi connectivity index (χ2n) is 7.45. The van der Waals surface area contributed by atoms with E-state index < -0.39 is 0 Å². The van der Waals surface area contributed by atoms with Crippen molar-refractivity contribution in [2.45, 2.75) is 67.2 Å². The van der Waals surface area contributed by atoms with Crippen LogP contribution < -0.4 is 0 Å². The van der Waals surface area contributed by atoms with Gasteiger partial charge in [-0.25, -0.2) is 14.3 Å². The Morgan fingerprint density at radius 2 is 0.967 bits per heavy atom. The van der Waals surface area contributed by atoms with Gasteiger partial charge in [0.05, 0.1) is 22.8 Å². The molecule has 0 fully saturated rings. The first-order valence-corrected chi connectivity index (χ1v) is 11.0. The minimum absolute atomic E-state index is 0.874. The fourth-order valence-corrected chi connectivity index (χ4v) is 3.60. The van der Waals surface area contributed by atoms with Crippen LogP contribution in [0.15, 0.2) is 52.7 Å². The maximum atomic E-state index is 4.89. The first kappa shape index (κ1) is 21.8. The van der Waals surface area contributed by atoms with Gasteiger partial charge < -0.3 is 0 Å². The van der Waals surface area contributed by atoms with E-state index in [-0.39, 0.29) is 0 Å². The summed E-state index contributed by atoms with van der Waals surface area (Å²) in [5.74, 6) is 0. The van der Waals surface area contributed by atoms with Crippen molar-refractivity contribution in [1.82, 2.24) is 14.3 Å². The highest BCUT2D eigenvalue weighted by Crippen LogP contribution is 2.14. The molecule has 30 heavy (non-hydrogen) atoms. The molecular weight excluding hydrogens is 370 g/mol. The van der Waals surface area contributed by atoms with Gasteiger partial charge in [-0.15, -0.1) is 0 Å². The topological polar surface area (TPSA) is 47.5 Å². The lowest BCUT2D eigenvalue weighted by molar-refractivity contribution is 0.755. The molecule has 0 saturated heterocycles. The first-order chi connectivity index (χ1) is 14.5. The molecule has 0 spiro atoms. The number of rotatable bonds is 8. The van der Waals surface area contributed by atoms with Gasteiger partial charge in [-0.3, -0.25) is 0 Å². The Balaban J connectivity index is 1.97. The Kier molecular flexibility index (Phi) is 7.03. The molecule has 3 rings (SSSR count). The Morgan fingerprint density at radius 1 is 0.633 bits per heavy atom. The average molecular weight is 404 g/mol. The van der Waals surface area contributed by atoms with E-state index in [0.29, 0.717) is 0 Å². The van der Waals surface area contributed by atoms with Crippen LogP contribution in [0.2, 0.25) is 0 Å². The van der Waals surface area contributed by atoms with Crippen LogP contribution in [0.1, 0.15) is 75.7 Å². The van der Waals surface area contributed by atoms with E-state index in [1.165, 1.54) is 22.8 Å². The predicted molar refractivity (Wildman–Crippen MR) is 126 cm³/mol. The molecule has 0 atom stereocenters. The van der Waals surface area contributed by atoms with Crippen LogP contribution in [0.25, 0.3) is 0 Å².